The predicted octanol–water partition coefficient (Wildman–Crippen LogP) is -2.02. The highest BCUT2D eigenvalue weighted by molar-refractivity contribution is 9.09. The largest absolute Gasteiger partial charge is 0.393 e. The molecule has 11 heavy (non-hydrogen) atoms. The van der Waals surface area contributed by atoms with Crippen molar-refractivity contribution >= 4 is 21.7 Å². The molecule has 0 radical (unpaired) electrons. The Hall–Kier alpha value is -0.01000. The van der Waals surface area contributed by atoms with E-state index in [0.717, 1.165) is 0 Å². The average Bonchev–Trinajstić information content (AvgIpc) is 2.00. The highest BCUT2D eigenvalue weighted by Crippen LogP contribution is 2.04. The van der Waals surface area contributed by atoms with Gasteiger partial charge in [-0.1, -0.05) is 15.9 Å². The Bertz CT molecular complexity index is 137. The average molecular weight is 229 g/mol. The fourth-order valence-electron chi connectivity index (χ4n) is 0.423. The number of hydrogen-bond donors (Lipinski definition) is 4. The van der Waals surface area contributed by atoms with Gasteiger partial charge >= 0.3 is 0 Å². The molecule has 3 atom stereocenters. The number of carbonyl (C=O) groups excluding carboxylic acids is 1. The quantitative estimate of drug-likeness (QED) is 0.417. The minimum absolute atomic E-state index is 0.768. The highest BCUT2D eigenvalue weighted by atomic mass is 79.9. The summed E-state index contributed by atoms with van der Waals surface area (Å²) in [6, 6.07) is 0. The molecular weight excluding hydrogens is 220 g/mol. The lowest BCUT2D eigenvalue weighted by molar-refractivity contribution is -0.140. The maximum atomic E-state index is 10.7. The van der Waals surface area contributed by atoms with Crippen LogP contribution in [0.5, 0.6) is 0 Å². The van der Waals surface area contributed by atoms with Crippen LogP contribution in [-0.2, 0) is 4.79 Å². The zero-order valence-electron chi connectivity index (χ0n) is 5.51. The van der Waals surface area contributed by atoms with Crippen molar-refractivity contribution in [3.63, 3.8) is 0 Å². The second-order valence-corrected chi connectivity index (χ2v) is 2.86. The highest BCUT2D eigenvalue weighted by Gasteiger charge is 2.27. The second-order valence-electron chi connectivity index (χ2n) is 1.92. The van der Waals surface area contributed by atoms with Crippen LogP contribution in [0.15, 0.2) is 0 Å². The molecule has 0 fully saturated rings. The van der Waals surface area contributed by atoms with E-state index in [1.165, 1.54) is 0 Å². The molecule has 0 aromatic carbocycles. The fraction of sp³-hybridized carbons (Fsp3) is 0.800. The Labute approximate surface area is 71.4 Å². The molecule has 0 heterocycles. The van der Waals surface area contributed by atoms with Crippen LogP contribution in [0.25, 0.3) is 0 Å². The van der Waals surface area contributed by atoms with Gasteiger partial charge in [0, 0.05) is 0 Å². The van der Waals surface area contributed by atoms with Gasteiger partial charge in [0.1, 0.15) is 11.1 Å². The summed E-state index contributed by atoms with van der Waals surface area (Å²) in [6.45, 7) is -0.768. The van der Waals surface area contributed by atoms with Crippen LogP contribution in [-0.4, -0.2) is 50.0 Å². The van der Waals surface area contributed by atoms with E-state index in [4.69, 9.17) is 20.4 Å². The van der Waals surface area contributed by atoms with E-state index in [9.17, 15) is 4.79 Å². The molecule has 0 spiro atoms. The summed E-state index contributed by atoms with van der Waals surface area (Å²) >= 11 is 2.53. The summed E-state index contributed by atoms with van der Waals surface area (Å²) in [5, 5.41) is 32.9. The summed E-state index contributed by atoms with van der Waals surface area (Å²) in [7, 11) is 0. The number of rotatable bonds is 4. The third-order valence-electron chi connectivity index (χ3n) is 1.05. The summed E-state index contributed by atoms with van der Waals surface area (Å²) in [5.41, 5.74) is 0. The number of aliphatic hydroxyl groups is 4. The van der Waals surface area contributed by atoms with Crippen molar-refractivity contribution in [1.29, 1.82) is 0 Å². The van der Waals surface area contributed by atoms with Crippen molar-refractivity contribution in [2.75, 3.05) is 6.61 Å². The first-order chi connectivity index (χ1) is 5.00. The first-order valence-corrected chi connectivity index (χ1v) is 3.75. The minimum Gasteiger partial charge on any atom is -0.393 e. The van der Waals surface area contributed by atoms with Gasteiger partial charge in [-0.3, -0.25) is 4.79 Å². The summed E-state index contributed by atoms with van der Waals surface area (Å²) < 4.78 is 0. The predicted molar refractivity (Wildman–Crippen MR) is 39.0 cm³/mol. The topological polar surface area (TPSA) is 98.0 Å². The van der Waals surface area contributed by atoms with Gasteiger partial charge in [0.15, 0.2) is 11.9 Å². The Balaban J connectivity index is 4.02. The van der Waals surface area contributed by atoms with Crippen LogP contribution in [0.2, 0.25) is 0 Å². The van der Waals surface area contributed by atoms with Crippen LogP contribution in [0.4, 0.5) is 0 Å². The first-order valence-electron chi connectivity index (χ1n) is 2.83. The van der Waals surface area contributed by atoms with E-state index in [1.807, 2.05) is 0 Å². The first kappa shape index (κ1) is 11.0. The molecule has 0 aliphatic rings. The summed E-state index contributed by atoms with van der Waals surface area (Å²) in [4.78, 5) is 10.7. The molecule has 0 aromatic heterocycles. The van der Waals surface area contributed by atoms with Crippen LogP contribution < -0.4 is 0 Å². The molecule has 66 valence electrons. The van der Waals surface area contributed by atoms with Crippen molar-refractivity contribution in [3.8, 4) is 0 Å². The Morgan fingerprint density at radius 1 is 1.36 bits per heavy atom. The lowest BCUT2D eigenvalue weighted by Crippen LogP contribution is -2.39. The molecule has 4 N–H and O–H groups in total. The monoisotopic (exact) mass is 228 g/mol. The van der Waals surface area contributed by atoms with Crippen molar-refractivity contribution in [2.45, 2.75) is 17.2 Å². The lowest BCUT2D eigenvalue weighted by atomic mass is 10.1. The number of hydrogen-bond acceptors (Lipinski definition) is 5. The smallest absolute Gasteiger partial charge is 0.195 e. The molecule has 0 amide bonds. The van der Waals surface area contributed by atoms with Gasteiger partial charge in [-0.25, -0.2) is 0 Å². The molecule has 0 aliphatic carbocycles. The van der Waals surface area contributed by atoms with Crippen molar-refractivity contribution in [1.82, 2.24) is 0 Å². The van der Waals surface area contributed by atoms with Gasteiger partial charge in [0.2, 0.25) is 0 Å². The van der Waals surface area contributed by atoms with E-state index >= 15 is 0 Å². The number of carbonyl (C=O) groups is 1. The van der Waals surface area contributed by atoms with Gasteiger partial charge in [-0.15, -0.1) is 0 Å². The van der Waals surface area contributed by atoms with Crippen molar-refractivity contribution in [2.24, 2.45) is 0 Å². The maximum absolute atomic E-state index is 10.7. The van der Waals surface area contributed by atoms with Crippen LogP contribution >= 0.6 is 15.9 Å². The molecular formula is C5H9BrO5. The fourth-order valence-corrected chi connectivity index (χ4v) is 0.683. The van der Waals surface area contributed by atoms with E-state index in [-0.39, 0.29) is 0 Å². The van der Waals surface area contributed by atoms with Gasteiger partial charge in [-0.2, -0.15) is 0 Å². The zero-order valence-corrected chi connectivity index (χ0v) is 7.10. The lowest BCUT2D eigenvalue weighted by Gasteiger charge is -2.13. The number of alkyl halides is 1. The van der Waals surface area contributed by atoms with E-state index < -0.39 is 29.6 Å². The molecule has 0 rings (SSSR count). The molecule has 5 nitrogen and oxygen atoms in total. The molecule has 0 aliphatic heterocycles. The van der Waals surface area contributed by atoms with Gasteiger partial charge < -0.3 is 20.4 Å². The minimum atomic E-state index is -1.71. The van der Waals surface area contributed by atoms with Gasteiger partial charge in [0.25, 0.3) is 0 Å². The molecule has 1 unspecified atom stereocenters. The standard InChI is InChI=1S/C5H9BrO5/c6-5(11)4(10)3(9)2(8)1-7/h2,4-5,7-8,10-11H,1H2/t2-,4-,5?/m1/s1. The van der Waals surface area contributed by atoms with Crippen molar-refractivity contribution < 1.29 is 25.2 Å². The van der Waals surface area contributed by atoms with Gasteiger partial charge in [0.05, 0.1) is 6.61 Å². The van der Waals surface area contributed by atoms with E-state index in [2.05, 4.69) is 15.9 Å². The van der Waals surface area contributed by atoms with Crippen LogP contribution in [0.1, 0.15) is 0 Å². The summed E-state index contributed by atoms with van der Waals surface area (Å²) in [6.07, 6.45) is -3.35. The van der Waals surface area contributed by atoms with Crippen LogP contribution in [0.3, 0.4) is 0 Å². The van der Waals surface area contributed by atoms with Crippen molar-refractivity contribution in [3.05, 3.63) is 0 Å². The zero-order chi connectivity index (χ0) is 9.02. The SMILES string of the molecule is O=C([C@H](O)CO)[C@@H](O)C(O)Br. The molecule has 0 saturated heterocycles. The second kappa shape index (κ2) is 4.78. The molecule has 0 saturated carbocycles. The Kier molecular flexibility index (Phi) is 4.78. The third kappa shape index (κ3) is 3.26. The number of halogens is 1. The number of aliphatic hydroxyl groups excluding tert-OH is 4. The molecule has 0 aromatic rings. The Morgan fingerprint density at radius 2 is 1.82 bits per heavy atom. The molecule has 0 bridgehead atoms. The number of Topliss-reactive ketones (excluding diaryl/α,β-unsaturated/α-hetero) is 1. The molecule has 6 heteroatoms. The number of ketones is 1. The van der Waals surface area contributed by atoms with Gasteiger partial charge in [-0.05, 0) is 0 Å². The van der Waals surface area contributed by atoms with Crippen LogP contribution in [0, 0.1) is 0 Å². The van der Waals surface area contributed by atoms with E-state index in [1.54, 1.807) is 0 Å². The van der Waals surface area contributed by atoms with E-state index in [0.29, 0.717) is 0 Å². The Morgan fingerprint density at radius 3 is 2.09 bits per heavy atom. The third-order valence-corrected chi connectivity index (χ3v) is 1.55. The maximum Gasteiger partial charge on any atom is 0.195 e. The normalized spacial score (nSPS) is 19.0. The summed E-state index contributed by atoms with van der Waals surface area (Å²) in [5.74, 6) is -1.02.